The van der Waals surface area contributed by atoms with Crippen molar-refractivity contribution in [2.45, 2.75) is 13.8 Å². The van der Waals surface area contributed by atoms with Crippen LogP contribution in [-0.4, -0.2) is 27.7 Å². The third-order valence-electron chi connectivity index (χ3n) is 3.57. The van der Waals surface area contributed by atoms with E-state index < -0.39 is 5.97 Å². The van der Waals surface area contributed by atoms with Gasteiger partial charge in [0.15, 0.2) is 11.4 Å². The second-order valence-electron chi connectivity index (χ2n) is 5.11. The number of ether oxygens (including phenoxy) is 1. The van der Waals surface area contributed by atoms with Gasteiger partial charge in [-0.05, 0) is 13.8 Å². The van der Waals surface area contributed by atoms with Crippen molar-refractivity contribution in [2.24, 2.45) is 0 Å². The summed E-state index contributed by atoms with van der Waals surface area (Å²) in [5.74, 6) is -0.778. The molecule has 6 heteroatoms. The summed E-state index contributed by atoms with van der Waals surface area (Å²) in [6.07, 6.45) is 3.32. The molecule has 24 heavy (non-hydrogen) atoms. The predicted octanol–water partition coefficient (Wildman–Crippen LogP) is 4.06. The van der Waals surface area contributed by atoms with E-state index in [1.165, 1.54) is 11.3 Å². The van der Waals surface area contributed by atoms with Crippen molar-refractivity contribution < 1.29 is 14.6 Å². The van der Waals surface area contributed by atoms with Crippen LogP contribution in [0.15, 0.2) is 42.7 Å². The number of nitrogens with zero attached hydrogens (tertiary/aromatic N) is 2. The highest BCUT2D eigenvalue weighted by atomic mass is 32.1. The summed E-state index contributed by atoms with van der Waals surface area (Å²) in [5.41, 5.74) is 2.30. The molecule has 122 valence electrons. The number of hydrogen-bond donors (Lipinski definition) is 1. The number of rotatable bonds is 4. The largest absolute Gasteiger partial charge is 0.505 e. The zero-order chi connectivity index (χ0) is 17.1. The van der Waals surface area contributed by atoms with Crippen LogP contribution in [0.25, 0.3) is 21.0 Å². The molecule has 0 bridgehead atoms. The van der Waals surface area contributed by atoms with E-state index in [1.807, 2.05) is 30.3 Å². The summed E-state index contributed by atoms with van der Waals surface area (Å²) in [4.78, 5) is 21.2. The summed E-state index contributed by atoms with van der Waals surface area (Å²) in [7, 11) is 0. The first-order valence-corrected chi connectivity index (χ1v) is 8.30. The number of carbonyl (C=O) groups is 1. The zero-order valence-electron chi connectivity index (χ0n) is 13.3. The molecular formula is C18H16N2O3S. The fraction of sp³-hybridized carbons (Fsp3) is 0.167. The number of esters is 1. The smallest absolute Gasteiger partial charge is 0.360 e. The molecule has 3 rings (SSSR count). The molecule has 0 atom stereocenters. The number of carbonyl (C=O) groups excluding carboxylic acids is 1. The summed E-state index contributed by atoms with van der Waals surface area (Å²) >= 11 is 1.51. The number of thiazole rings is 1. The minimum absolute atomic E-state index is 0.0640. The van der Waals surface area contributed by atoms with Crippen LogP contribution in [0.2, 0.25) is 0 Å². The highest BCUT2D eigenvalue weighted by Gasteiger charge is 2.20. The molecule has 0 aliphatic carbocycles. The van der Waals surface area contributed by atoms with Gasteiger partial charge in [-0.25, -0.2) is 14.8 Å². The van der Waals surface area contributed by atoms with Crippen LogP contribution in [0.4, 0.5) is 0 Å². The molecule has 0 spiro atoms. The fourth-order valence-electron chi connectivity index (χ4n) is 2.30. The maximum atomic E-state index is 11.8. The molecule has 0 aliphatic rings. The molecule has 1 aromatic carbocycles. The monoisotopic (exact) mass is 340 g/mol. The average Bonchev–Trinajstić information content (AvgIpc) is 3.08. The van der Waals surface area contributed by atoms with Crippen molar-refractivity contribution in [3.05, 3.63) is 54.0 Å². The Morgan fingerprint density at radius 3 is 2.67 bits per heavy atom. The fourth-order valence-corrected chi connectivity index (χ4v) is 3.29. The van der Waals surface area contributed by atoms with Crippen molar-refractivity contribution in [1.82, 2.24) is 9.97 Å². The lowest BCUT2D eigenvalue weighted by Crippen LogP contribution is -2.08. The van der Waals surface area contributed by atoms with E-state index in [0.29, 0.717) is 5.56 Å². The SMILES string of the molecule is CCOC(=O)c1ncc(-c2cnc(-c3ccccc3)s2)c(C)c1O. The Balaban J connectivity index is 1.98. The first-order chi connectivity index (χ1) is 11.6. The minimum atomic E-state index is -0.626. The Labute approximate surface area is 143 Å². The van der Waals surface area contributed by atoms with Gasteiger partial charge in [0, 0.05) is 29.1 Å². The summed E-state index contributed by atoms with van der Waals surface area (Å²) < 4.78 is 4.90. The molecule has 2 heterocycles. The molecule has 5 nitrogen and oxygen atoms in total. The molecule has 0 amide bonds. The van der Waals surface area contributed by atoms with Crippen molar-refractivity contribution in [2.75, 3.05) is 6.61 Å². The van der Waals surface area contributed by atoms with E-state index in [-0.39, 0.29) is 18.1 Å². The van der Waals surface area contributed by atoms with Crippen LogP contribution < -0.4 is 0 Å². The molecule has 0 saturated heterocycles. The quantitative estimate of drug-likeness (QED) is 0.725. The van der Waals surface area contributed by atoms with E-state index in [4.69, 9.17) is 4.74 Å². The van der Waals surface area contributed by atoms with Gasteiger partial charge < -0.3 is 9.84 Å². The lowest BCUT2D eigenvalue weighted by Gasteiger charge is -2.09. The highest BCUT2D eigenvalue weighted by Crippen LogP contribution is 2.36. The maximum absolute atomic E-state index is 11.8. The lowest BCUT2D eigenvalue weighted by atomic mass is 10.1. The van der Waals surface area contributed by atoms with Crippen LogP contribution in [0.5, 0.6) is 5.75 Å². The lowest BCUT2D eigenvalue weighted by molar-refractivity contribution is 0.0515. The van der Waals surface area contributed by atoms with Gasteiger partial charge in [0.25, 0.3) is 0 Å². The van der Waals surface area contributed by atoms with Gasteiger partial charge in [-0.2, -0.15) is 0 Å². The van der Waals surface area contributed by atoms with Gasteiger partial charge in [-0.3, -0.25) is 0 Å². The zero-order valence-corrected chi connectivity index (χ0v) is 14.1. The standard InChI is InChI=1S/C18H16N2O3S/c1-3-23-18(22)15-16(21)11(2)13(9-19-15)14-10-20-17(24-14)12-7-5-4-6-8-12/h4-10,21H,3H2,1-2H3. The molecule has 0 aliphatic heterocycles. The van der Waals surface area contributed by atoms with Gasteiger partial charge in [-0.15, -0.1) is 11.3 Å². The normalized spacial score (nSPS) is 10.6. The molecule has 2 aromatic heterocycles. The first-order valence-electron chi connectivity index (χ1n) is 7.49. The predicted molar refractivity (Wildman–Crippen MR) is 93.1 cm³/mol. The van der Waals surface area contributed by atoms with E-state index in [2.05, 4.69) is 9.97 Å². The highest BCUT2D eigenvalue weighted by molar-refractivity contribution is 7.18. The Kier molecular flexibility index (Phi) is 4.57. The van der Waals surface area contributed by atoms with Crippen molar-refractivity contribution >= 4 is 17.3 Å². The summed E-state index contributed by atoms with van der Waals surface area (Å²) in [6.45, 7) is 3.69. The van der Waals surface area contributed by atoms with Crippen molar-refractivity contribution in [3.8, 4) is 26.8 Å². The van der Waals surface area contributed by atoms with Crippen LogP contribution >= 0.6 is 11.3 Å². The third-order valence-corrected chi connectivity index (χ3v) is 4.65. The van der Waals surface area contributed by atoms with Gasteiger partial charge in [-0.1, -0.05) is 30.3 Å². The molecule has 0 saturated carbocycles. The molecule has 3 aromatic rings. The maximum Gasteiger partial charge on any atom is 0.360 e. The van der Waals surface area contributed by atoms with Gasteiger partial charge in [0.2, 0.25) is 0 Å². The van der Waals surface area contributed by atoms with E-state index >= 15 is 0 Å². The second kappa shape index (κ2) is 6.80. The number of hydrogen-bond acceptors (Lipinski definition) is 6. The second-order valence-corrected chi connectivity index (χ2v) is 6.14. The van der Waals surface area contributed by atoms with Gasteiger partial charge in [0.05, 0.1) is 11.5 Å². The molecular weight excluding hydrogens is 324 g/mol. The molecule has 0 radical (unpaired) electrons. The third kappa shape index (κ3) is 3.00. The van der Waals surface area contributed by atoms with E-state index in [1.54, 1.807) is 26.2 Å². The Bertz CT molecular complexity index is 875. The van der Waals surface area contributed by atoms with E-state index in [0.717, 1.165) is 21.0 Å². The van der Waals surface area contributed by atoms with Crippen molar-refractivity contribution in [1.29, 1.82) is 0 Å². The first kappa shape index (κ1) is 16.1. The van der Waals surface area contributed by atoms with Crippen LogP contribution in [-0.2, 0) is 4.74 Å². The summed E-state index contributed by atoms with van der Waals surface area (Å²) in [6, 6.07) is 9.87. The Morgan fingerprint density at radius 2 is 1.96 bits per heavy atom. The van der Waals surface area contributed by atoms with Gasteiger partial charge >= 0.3 is 5.97 Å². The van der Waals surface area contributed by atoms with Gasteiger partial charge in [0.1, 0.15) is 5.01 Å². The van der Waals surface area contributed by atoms with Crippen LogP contribution in [0.3, 0.4) is 0 Å². The Hall–Kier alpha value is -2.73. The summed E-state index contributed by atoms with van der Waals surface area (Å²) in [5, 5.41) is 11.2. The molecule has 0 unspecified atom stereocenters. The van der Waals surface area contributed by atoms with Crippen LogP contribution in [0, 0.1) is 6.92 Å². The van der Waals surface area contributed by atoms with Crippen molar-refractivity contribution in [3.63, 3.8) is 0 Å². The number of aromatic hydroxyl groups is 1. The minimum Gasteiger partial charge on any atom is -0.505 e. The topological polar surface area (TPSA) is 72.3 Å². The Morgan fingerprint density at radius 1 is 1.21 bits per heavy atom. The molecule has 0 fully saturated rings. The average molecular weight is 340 g/mol. The number of aromatic nitrogens is 2. The molecule has 1 N–H and O–H groups in total. The van der Waals surface area contributed by atoms with Crippen LogP contribution in [0.1, 0.15) is 23.0 Å². The number of benzene rings is 1. The van der Waals surface area contributed by atoms with E-state index in [9.17, 15) is 9.90 Å². The number of pyridine rings is 1.